The van der Waals surface area contributed by atoms with Crippen LogP contribution in [0.1, 0.15) is 149 Å². The van der Waals surface area contributed by atoms with Gasteiger partial charge in [-0.25, -0.2) is 0 Å². The summed E-state index contributed by atoms with van der Waals surface area (Å²) in [5.41, 5.74) is 0. The maximum atomic E-state index is 13.3. The first-order chi connectivity index (χ1) is 22.2. The van der Waals surface area contributed by atoms with Crippen LogP contribution in [0.4, 0.5) is 0 Å². The number of Topliss-reactive ketones (excluding diaryl/α,β-unsaturated/α-hetero) is 1. The van der Waals surface area contributed by atoms with E-state index in [4.69, 9.17) is 9.47 Å². The van der Waals surface area contributed by atoms with Gasteiger partial charge in [0.05, 0.1) is 25.2 Å². The summed E-state index contributed by atoms with van der Waals surface area (Å²) >= 11 is 0. The molecular formula is C37H70O9. The highest BCUT2D eigenvalue weighted by atomic mass is 16.7. The second kappa shape index (κ2) is 27.0. The Hall–Kier alpha value is -0.910. The van der Waals surface area contributed by atoms with E-state index in [1.807, 2.05) is 6.08 Å². The standard InChI is InChI=1S/C37H70O9/c1-4-6-7-8-9-11-15-18-21-24-30(39)29(27-45-37-36(44)35(43)34(42)32(26-38)46-37)33(41)31(40)25-22-19-16-13-10-12-14-17-20-23-28(3)5-2/h21,24,28-32,34-40,42-44H,4-20,22-23,25-27H2,1-3H3/b24-21+/t28?,29-,30+,31+,32+,34-,35-,36+,37+/m0/s1. The normalized spacial score (nSPS) is 24.7. The Bertz CT molecular complexity index is 761. The van der Waals surface area contributed by atoms with Gasteiger partial charge < -0.3 is 40.1 Å². The minimum Gasteiger partial charge on any atom is -0.394 e. The molecule has 0 saturated carbocycles. The Labute approximate surface area is 279 Å². The molecule has 9 atom stereocenters. The van der Waals surface area contributed by atoms with Gasteiger partial charge in [0.2, 0.25) is 0 Å². The van der Waals surface area contributed by atoms with Gasteiger partial charge >= 0.3 is 0 Å². The lowest BCUT2D eigenvalue weighted by atomic mass is 9.91. The second-order valence-electron chi connectivity index (χ2n) is 13.7. The van der Waals surface area contributed by atoms with Crippen molar-refractivity contribution in [1.82, 2.24) is 0 Å². The van der Waals surface area contributed by atoms with E-state index in [0.29, 0.717) is 12.8 Å². The summed E-state index contributed by atoms with van der Waals surface area (Å²) in [6, 6.07) is 0. The van der Waals surface area contributed by atoms with Gasteiger partial charge in [-0.15, -0.1) is 0 Å². The molecule has 0 spiro atoms. The van der Waals surface area contributed by atoms with Crippen LogP contribution in [0.2, 0.25) is 0 Å². The number of hydrogen-bond acceptors (Lipinski definition) is 9. The van der Waals surface area contributed by atoms with Gasteiger partial charge in [-0.1, -0.05) is 142 Å². The number of unbranched alkanes of at least 4 members (excludes halogenated alkanes) is 15. The quantitative estimate of drug-likeness (QED) is 0.0435. The van der Waals surface area contributed by atoms with Crippen molar-refractivity contribution in [3.8, 4) is 0 Å². The van der Waals surface area contributed by atoms with E-state index < -0.39 is 61.2 Å². The molecule has 272 valence electrons. The largest absolute Gasteiger partial charge is 0.394 e. The first-order valence-electron chi connectivity index (χ1n) is 18.7. The van der Waals surface area contributed by atoms with E-state index in [9.17, 15) is 35.4 Å². The van der Waals surface area contributed by atoms with Gasteiger partial charge in [0.25, 0.3) is 0 Å². The lowest BCUT2D eigenvalue weighted by Gasteiger charge is -2.40. The average molecular weight is 659 g/mol. The van der Waals surface area contributed by atoms with Gasteiger partial charge in [-0.3, -0.25) is 4.79 Å². The molecule has 0 aromatic heterocycles. The van der Waals surface area contributed by atoms with Crippen LogP contribution in [0.25, 0.3) is 0 Å². The van der Waals surface area contributed by atoms with Crippen molar-refractivity contribution in [2.24, 2.45) is 11.8 Å². The molecule has 46 heavy (non-hydrogen) atoms. The van der Waals surface area contributed by atoms with Crippen LogP contribution in [0.5, 0.6) is 0 Å². The van der Waals surface area contributed by atoms with E-state index in [-0.39, 0.29) is 6.61 Å². The Kier molecular flexibility index (Phi) is 25.3. The lowest BCUT2D eigenvalue weighted by Crippen LogP contribution is -2.59. The number of carbonyl (C=O) groups is 1. The van der Waals surface area contributed by atoms with Gasteiger partial charge in [0.1, 0.15) is 30.5 Å². The molecule has 1 aliphatic rings. The van der Waals surface area contributed by atoms with Crippen molar-refractivity contribution in [3.05, 3.63) is 12.2 Å². The van der Waals surface area contributed by atoms with Gasteiger partial charge in [0.15, 0.2) is 12.1 Å². The lowest BCUT2D eigenvalue weighted by molar-refractivity contribution is -0.303. The molecule has 1 heterocycles. The number of ether oxygens (including phenoxy) is 2. The third-order valence-electron chi connectivity index (χ3n) is 9.57. The van der Waals surface area contributed by atoms with E-state index in [1.165, 1.54) is 77.0 Å². The minimum atomic E-state index is -1.62. The Morgan fingerprint density at radius 1 is 0.761 bits per heavy atom. The predicted octanol–water partition coefficient (Wildman–Crippen LogP) is 5.74. The number of carbonyl (C=O) groups excluding carboxylic acids is 1. The summed E-state index contributed by atoms with van der Waals surface area (Å²) in [6.45, 7) is 5.79. The highest BCUT2D eigenvalue weighted by Gasteiger charge is 2.44. The molecule has 1 rings (SSSR count). The van der Waals surface area contributed by atoms with Crippen LogP contribution in [0, 0.1) is 11.8 Å². The van der Waals surface area contributed by atoms with Crippen LogP contribution in [-0.4, -0.2) is 92.5 Å². The fraction of sp³-hybridized carbons (Fsp3) is 0.919. The molecule has 1 saturated heterocycles. The van der Waals surface area contributed by atoms with Crippen molar-refractivity contribution >= 4 is 5.78 Å². The molecule has 1 unspecified atom stereocenters. The SMILES string of the molecule is CCCCCCCCC/C=C/[C@@H](O)[C@H](CO[C@@H]1O[C@H](CO)[C@H](O)[C@H](O)[C@H]1O)C(=O)[C@H](O)CCCCCCCCCCCC(C)CC. The van der Waals surface area contributed by atoms with Gasteiger partial charge in [0, 0.05) is 0 Å². The molecule has 0 aromatic carbocycles. The Morgan fingerprint density at radius 2 is 1.30 bits per heavy atom. The Balaban J connectivity index is 2.57. The summed E-state index contributed by atoms with van der Waals surface area (Å²) < 4.78 is 11.0. The minimum absolute atomic E-state index is 0.291. The fourth-order valence-corrected chi connectivity index (χ4v) is 6.00. The molecule has 0 amide bonds. The summed E-state index contributed by atoms with van der Waals surface area (Å²) in [5.74, 6) is -0.838. The Morgan fingerprint density at radius 3 is 1.87 bits per heavy atom. The summed E-state index contributed by atoms with van der Waals surface area (Å²) in [6.07, 6.45) is 15.6. The summed E-state index contributed by atoms with van der Waals surface area (Å²) in [5, 5.41) is 61.7. The predicted molar refractivity (Wildman–Crippen MR) is 182 cm³/mol. The zero-order chi connectivity index (χ0) is 34.2. The first-order valence-corrected chi connectivity index (χ1v) is 18.7. The molecule has 1 fully saturated rings. The third kappa shape index (κ3) is 18.0. The molecule has 9 heteroatoms. The monoisotopic (exact) mass is 659 g/mol. The molecule has 0 bridgehead atoms. The molecule has 0 radical (unpaired) electrons. The maximum Gasteiger partial charge on any atom is 0.186 e. The highest BCUT2D eigenvalue weighted by molar-refractivity contribution is 5.86. The van der Waals surface area contributed by atoms with Crippen LogP contribution in [0.15, 0.2) is 12.2 Å². The third-order valence-corrected chi connectivity index (χ3v) is 9.57. The van der Waals surface area contributed by atoms with Crippen molar-refractivity contribution < 1.29 is 44.9 Å². The van der Waals surface area contributed by atoms with Gasteiger partial charge in [-0.2, -0.15) is 0 Å². The molecule has 0 aliphatic carbocycles. The molecule has 6 N–H and O–H groups in total. The molecule has 9 nitrogen and oxygen atoms in total. The molecule has 0 aromatic rings. The molecular weight excluding hydrogens is 588 g/mol. The maximum absolute atomic E-state index is 13.3. The smallest absolute Gasteiger partial charge is 0.186 e. The highest BCUT2D eigenvalue weighted by Crippen LogP contribution is 2.24. The number of rotatable bonds is 29. The zero-order valence-corrected chi connectivity index (χ0v) is 29.3. The van der Waals surface area contributed by atoms with Crippen molar-refractivity contribution in [1.29, 1.82) is 0 Å². The fourth-order valence-electron chi connectivity index (χ4n) is 6.00. The van der Waals surface area contributed by atoms with Crippen molar-refractivity contribution in [3.63, 3.8) is 0 Å². The second-order valence-corrected chi connectivity index (χ2v) is 13.7. The topological polar surface area (TPSA) is 157 Å². The van der Waals surface area contributed by atoms with E-state index in [1.54, 1.807) is 6.08 Å². The van der Waals surface area contributed by atoms with Gasteiger partial charge in [-0.05, 0) is 25.2 Å². The van der Waals surface area contributed by atoms with Crippen LogP contribution in [-0.2, 0) is 14.3 Å². The van der Waals surface area contributed by atoms with E-state index >= 15 is 0 Å². The first kappa shape index (κ1) is 43.1. The molecule has 1 aliphatic heterocycles. The summed E-state index contributed by atoms with van der Waals surface area (Å²) in [7, 11) is 0. The summed E-state index contributed by atoms with van der Waals surface area (Å²) in [4.78, 5) is 13.3. The van der Waals surface area contributed by atoms with E-state index in [2.05, 4.69) is 20.8 Å². The average Bonchev–Trinajstić information content (AvgIpc) is 3.05. The number of ketones is 1. The van der Waals surface area contributed by atoms with Crippen molar-refractivity contribution in [2.75, 3.05) is 13.2 Å². The zero-order valence-electron chi connectivity index (χ0n) is 29.3. The van der Waals surface area contributed by atoms with Crippen LogP contribution < -0.4 is 0 Å². The van der Waals surface area contributed by atoms with Crippen LogP contribution >= 0.6 is 0 Å². The number of aliphatic hydroxyl groups is 6. The number of hydrogen-bond donors (Lipinski definition) is 6. The van der Waals surface area contributed by atoms with Crippen LogP contribution in [0.3, 0.4) is 0 Å². The number of aliphatic hydroxyl groups excluding tert-OH is 6. The van der Waals surface area contributed by atoms with E-state index in [0.717, 1.165) is 44.4 Å². The number of allylic oxidation sites excluding steroid dienone is 1. The van der Waals surface area contributed by atoms with Crippen molar-refractivity contribution in [2.45, 2.75) is 192 Å².